The highest BCUT2D eigenvalue weighted by molar-refractivity contribution is 5.87. The molecule has 2 aromatic rings. The Bertz CT molecular complexity index is 809. The number of amides is 1. The topological polar surface area (TPSA) is 85.9 Å². The minimum Gasteiger partial charge on any atom is -0.361 e. The van der Waals surface area contributed by atoms with E-state index < -0.39 is 6.04 Å². The summed E-state index contributed by atoms with van der Waals surface area (Å²) in [6.07, 6.45) is 7.89. The molecular weight excluding hydrogens is 276 g/mol. The molecule has 1 atom stereocenters. The van der Waals surface area contributed by atoms with Crippen LogP contribution in [0, 0.1) is 11.3 Å². The smallest absolute Gasteiger partial charge is 0.247 e. The van der Waals surface area contributed by atoms with Crippen LogP contribution in [0.2, 0.25) is 0 Å². The van der Waals surface area contributed by atoms with Crippen LogP contribution in [0.15, 0.2) is 54.5 Å². The molecule has 22 heavy (non-hydrogen) atoms. The van der Waals surface area contributed by atoms with Crippen molar-refractivity contribution < 1.29 is 4.79 Å². The van der Waals surface area contributed by atoms with Crippen LogP contribution in [-0.2, 0) is 11.2 Å². The van der Waals surface area contributed by atoms with Gasteiger partial charge in [0.2, 0.25) is 5.91 Å². The lowest BCUT2D eigenvalue weighted by Crippen LogP contribution is -2.40. The Morgan fingerprint density at radius 2 is 2.27 bits per heavy atom. The summed E-state index contributed by atoms with van der Waals surface area (Å²) in [6, 6.07) is 9.33. The zero-order chi connectivity index (χ0) is 15.5. The van der Waals surface area contributed by atoms with Gasteiger partial charge in [-0.3, -0.25) is 9.69 Å². The zero-order valence-electron chi connectivity index (χ0n) is 12.0. The number of benzene rings is 1. The highest BCUT2D eigenvalue weighted by Gasteiger charge is 2.21. The summed E-state index contributed by atoms with van der Waals surface area (Å²) in [5, 5.41) is 10.0. The fraction of sp³-hybridized carbons (Fsp3) is 0.176. The quantitative estimate of drug-likeness (QED) is 0.909. The minimum absolute atomic E-state index is 0.214. The summed E-state index contributed by atoms with van der Waals surface area (Å²) >= 11 is 0. The van der Waals surface area contributed by atoms with Crippen molar-refractivity contribution in [2.24, 2.45) is 5.73 Å². The lowest BCUT2D eigenvalue weighted by Gasteiger charge is -2.21. The fourth-order valence-electron chi connectivity index (χ4n) is 2.58. The van der Waals surface area contributed by atoms with Gasteiger partial charge in [0.1, 0.15) is 0 Å². The van der Waals surface area contributed by atoms with Gasteiger partial charge in [-0.15, -0.1) is 0 Å². The Hall–Kier alpha value is -2.84. The van der Waals surface area contributed by atoms with Crippen LogP contribution in [0.5, 0.6) is 0 Å². The number of H-pyrrole nitrogens is 1. The lowest BCUT2D eigenvalue weighted by atomic mass is 10.0. The van der Waals surface area contributed by atoms with Gasteiger partial charge in [0.15, 0.2) is 0 Å². The van der Waals surface area contributed by atoms with Gasteiger partial charge in [0.05, 0.1) is 12.1 Å². The number of para-hydroxylation sites is 1. The number of nitriles is 1. The van der Waals surface area contributed by atoms with Gasteiger partial charge in [-0.1, -0.05) is 24.3 Å². The first-order chi connectivity index (χ1) is 10.7. The number of fused-ring (bicyclic) bond motifs is 1. The first-order valence-electron chi connectivity index (χ1n) is 7.09. The first-order valence-corrected chi connectivity index (χ1v) is 7.09. The molecule has 110 valence electrons. The molecule has 0 bridgehead atoms. The lowest BCUT2D eigenvalue weighted by molar-refractivity contribution is -0.127. The monoisotopic (exact) mass is 292 g/mol. The number of nitrogens with two attached hydrogens (primary N) is 1. The molecule has 0 fully saturated rings. The van der Waals surface area contributed by atoms with Crippen LogP contribution in [0.25, 0.3) is 10.9 Å². The van der Waals surface area contributed by atoms with E-state index in [9.17, 15) is 4.79 Å². The number of aromatic amines is 1. The Balaban J connectivity index is 1.77. The summed E-state index contributed by atoms with van der Waals surface area (Å²) in [5.74, 6) is -0.214. The molecule has 0 saturated heterocycles. The van der Waals surface area contributed by atoms with Crippen molar-refractivity contribution in [2.75, 3.05) is 0 Å². The van der Waals surface area contributed by atoms with Crippen molar-refractivity contribution in [2.45, 2.75) is 18.9 Å². The second-order valence-electron chi connectivity index (χ2n) is 5.27. The molecule has 1 aromatic carbocycles. The molecule has 3 N–H and O–H groups in total. The Morgan fingerprint density at radius 3 is 3.09 bits per heavy atom. The maximum Gasteiger partial charge on any atom is 0.247 e. The zero-order valence-corrected chi connectivity index (χ0v) is 12.0. The van der Waals surface area contributed by atoms with Crippen molar-refractivity contribution in [3.63, 3.8) is 0 Å². The van der Waals surface area contributed by atoms with Gasteiger partial charge >= 0.3 is 0 Å². The van der Waals surface area contributed by atoms with E-state index in [4.69, 9.17) is 11.0 Å². The third kappa shape index (κ3) is 2.65. The van der Waals surface area contributed by atoms with Crippen molar-refractivity contribution >= 4 is 16.8 Å². The first kappa shape index (κ1) is 14.1. The fourth-order valence-corrected chi connectivity index (χ4v) is 2.58. The third-order valence-corrected chi connectivity index (χ3v) is 3.73. The largest absolute Gasteiger partial charge is 0.361 e. The molecule has 0 spiro atoms. The summed E-state index contributed by atoms with van der Waals surface area (Å²) in [6.45, 7) is 0. The highest BCUT2D eigenvalue weighted by Crippen LogP contribution is 2.20. The normalized spacial score (nSPS) is 15.5. The molecular formula is C17H16N4O. The van der Waals surface area contributed by atoms with E-state index in [-0.39, 0.29) is 5.91 Å². The number of nitrogens with one attached hydrogen (secondary N) is 1. The average Bonchev–Trinajstić information content (AvgIpc) is 2.97. The predicted molar refractivity (Wildman–Crippen MR) is 84.3 cm³/mol. The van der Waals surface area contributed by atoms with Crippen molar-refractivity contribution in [1.82, 2.24) is 9.88 Å². The highest BCUT2D eigenvalue weighted by atomic mass is 16.2. The third-order valence-electron chi connectivity index (χ3n) is 3.73. The van der Waals surface area contributed by atoms with Gasteiger partial charge in [-0.2, -0.15) is 5.26 Å². The summed E-state index contributed by atoms with van der Waals surface area (Å²) in [4.78, 5) is 17.0. The Morgan fingerprint density at radius 1 is 1.45 bits per heavy atom. The van der Waals surface area contributed by atoms with Gasteiger partial charge in [0.25, 0.3) is 0 Å². The molecule has 0 radical (unpaired) electrons. The summed E-state index contributed by atoms with van der Waals surface area (Å²) in [7, 11) is 0. The molecule has 5 nitrogen and oxygen atoms in total. The van der Waals surface area contributed by atoms with Crippen molar-refractivity contribution in [3.05, 3.63) is 60.1 Å². The number of hydrogen-bond donors (Lipinski definition) is 2. The number of carbonyl (C=O) groups excluding carboxylic acids is 1. The molecule has 0 aliphatic carbocycles. The molecule has 0 unspecified atom stereocenters. The summed E-state index contributed by atoms with van der Waals surface area (Å²) < 4.78 is 0. The van der Waals surface area contributed by atoms with E-state index in [0.717, 1.165) is 16.5 Å². The predicted octanol–water partition coefficient (Wildman–Crippen LogP) is 2.19. The summed E-state index contributed by atoms with van der Waals surface area (Å²) in [5.41, 5.74) is 8.66. The molecule has 0 saturated carbocycles. The molecule has 1 aliphatic rings. The van der Waals surface area contributed by atoms with E-state index in [1.54, 1.807) is 18.5 Å². The number of carbonyl (C=O) groups is 1. The van der Waals surface area contributed by atoms with Crippen LogP contribution in [0.4, 0.5) is 0 Å². The number of hydrogen-bond acceptors (Lipinski definition) is 3. The number of rotatable bonds is 3. The second kappa shape index (κ2) is 5.88. The van der Waals surface area contributed by atoms with Crippen LogP contribution in [0.3, 0.4) is 0 Å². The molecule has 1 aliphatic heterocycles. The van der Waals surface area contributed by atoms with E-state index in [1.165, 1.54) is 4.90 Å². The standard InChI is InChI=1S/C17H16N4O/c18-9-12-4-3-7-21(11-12)17(22)15(19)8-13-10-20-16-6-2-1-5-14(13)16/h1-3,5-7,10-11,15,20H,4,8,19H2/t15-/m0/s1. The van der Waals surface area contributed by atoms with E-state index in [0.29, 0.717) is 18.4 Å². The van der Waals surface area contributed by atoms with Crippen LogP contribution in [-0.4, -0.2) is 21.8 Å². The molecule has 2 heterocycles. The molecule has 1 aromatic heterocycles. The number of allylic oxidation sites excluding steroid dienone is 2. The second-order valence-corrected chi connectivity index (χ2v) is 5.27. The van der Waals surface area contributed by atoms with Crippen LogP contribution in [0.1, 0.15) is 12.0 Å². The maximum absolute atomic E-state index is 12.4. The molecule has 3 rings (SSSR count). The van der Waals surface area contributed by atoms with Crippen molar-refractivity contribution in [3.8, 4) is 6.07 Å². The van der Waals surface area contributed by atoms with Gasteiger partial charge in [-0.05, 0) is 18.1 Å². The number of aromatic nitrogens is 1. The Labute approximate surface area is 128 Å². The maximum atomic E-state index is 12.4. The minimum atomic E-state index is -0.654. The average molecular weight is 292 g/mol. The van der Waals surface area contributed by atoms with E-state index >= 15 is 0 Å². The molecule has 1 amide bonds. The SMILES string of the molecule is N#CC1=CN(C(=O)[C@@H](N)Cc2c[nH]c3ccccc23)C=CC1. The van der Waals surface area contributed by atoms with Crippen LogP contribution < -0.4 is 5.73 Å². The van der Waals surface area contributed by atoms with Gasteiger partial charge in [-0.25, -0.2) is 0 Å². The van der Waals surface area contributed by atoms with Crippen LogP contribution >= 0.6 is 0 Å². The Kier molecular flexibility index (Phi) is 3.77. The molecule has 5 heteroatoms. The van der Waals surface area contributed by atoms with Gasteiger partial charge < -0.3 is 10.7 Å². The number of nitrogens with zero attached hydrogens (tertiary/aromatic N) is 2. The van der Waals surface area contributed by atoms with Gasteiger partial charge in [0, 0.05) is 41.5 Å². The van der Waals surface area contributed by atoms with E-state index in [1.807, 2.05) is 30.5 Å². The van der Waals surface area contributed by atoms with Crippen molar-refractivity contribution in [1.29, 1.82) is 5.26 Å². The van der Waals surface area contributed by atoms with E-state index in [2.05, 4.69) is 11.1 Å².